The van der Waals surface area contributed by atoms with Crippen molar-refractivity contribution >= 4 is 40.0 Å². The first-order valence-electron chi connectivity index (χ1n) is 11.6. The summed E-state index contributed by atoms with van der Waals surface area (Å²) < 4.78 is 2.08. The van der Waals surface area contributed by atoms with E-state index in [2.05, 4.69) is 24.8 Å². The van der Waals surface area contributed by atoms with E-state index in [0.717, 1.165) is 71.3 Å². The molecule has 2 aromatic carbocycles. The highest BCUT2D eigenvalue weighted by molar-refractivity contribution is 6.30. The van der Waals surface area contributed by atoms with Crippen LogP contribution in [0, 0.1) is 0 Å². The molecule has 1 aliphatic heterocycles. The number of para-hydroxylation sites is 2. The van der Waals surface area contributed by atoms with Gasteiger partial charge in [-0.1, -0.05) is 35.9 Å². The standard InChI is InChI=1S/C25H27ClN6O/c26-19-10-8-18(9-11-19)14-15-27-23(33)13-12-22-29-30-25-24(31-16-4-1-5-17-31)28-20-6-2-3-7-21(20)32(22)25/h2-3,6-11H,1,4-5,12-17H2,(H,27,33). The molecule has 0 atom stereocenters. The van der Waals surface area contributed by atoms with Crippen LogP contribution in [0.5, 0.6) is 0 Å². The quantitative estimate of drug-likeness (QED) is 0.445. The monoisotopic (exact) mass is 462 g/mol. The number of rotatable bonds is 7. The van der Waals surface area contributed by atoms with Crippen molar-refractivity contribution in [1.29, 1.82) is 0 Å². The van der Waals surface area contributed by atoms with Crippen LogP contribution in [-0.2, 0) is 17.6 Å². The van der Waals surface area contributed by atoms with E-state index in [1.54, 1.807) is 0 Å². The molecule has 1 N–H and O–H groups in total. The molecular formula is C25H27ClN6O. The van der Waals surface area contributed by atoms with Gasteiger partial charge in [0.15, 0.2) is 5.82 Å². The first kappa shape index (κ1) is 21.6. The highest BCUT2D eigenvalue weighted by atomic mass is 35.5. The first-order chi connectivity index (χ1) is 16.2. The minimum Gasteiger partial charge on any atom is -0.356 e. The van der Waals surface area contributed by atoms with Gasteiger partial charge in [-0.25, -0.2) is 4.98 Å². The zero-order valence-electron chi connectivity index (χ0n) is 18.5. The van der Waals surface area contributed by atoms with Gasteiger partial charge in [0.1, 0.15) is 5.82 Å². The van der Waals surface area contributed by atoms with E-state index in [1.165, 1.54) is 6.42 Å². The number of aromatic nitrogens is 4. The summed E-state index contributed by atoms with van der Waals surface area (Å²) in [6, 6.07) is 15.8. The Balaban J connectivity index is 1.31. The molecule has 1 amide bonds. The maximum Gasteiger partial charge on any atom is 0.220 e. The van der Waals surface area contributed by atoms with E-state index in [1.807, 2.05) is 48.5 Å². The fourth-order valence-corrected chi connectivity index (χ4v) is 4.54. The molecule has 3 heterocycles. The van der Waals surface area contributed by atoms with Gasteiger partial charge in [0.25, 0.3) is 0 Å². The van der Waals surface area contributed by atoms with Crippen molar-refractivity contribution in [2.24, 2.45) is 0 Å². The summed E-state index contributed by atoms with van der Waals surface area (Å²) in [6.45, 7) is 2.56. The molecule has 7 nitrogen and oxygen atoms in total. The lowest BCUT2D eigenvalue weighted by atomic mass is 10.1. The van der Waals surface area contributed by atoms with Crippen molar-refractivity contribution in [3.8, 4) is 0 Å². The molecule has 0 bridgehead atoms. The molecule has 0 aliphatic carbocycles. The molecule has 1 aliphatic rings. The van der Waals surface area contributed by atoms with Gasteiger partial charge >= 0.3 is 0 Å². The molecule has 33 heavy (non-hydrogen) atoms. The molecule has 4 aromatic rings. The SMILES string of the molecule is O=C(CCc1nnc2c(N3CCCCC3)nc3ccccc3n12)NCCc1ccc(Cl)cc1. The average molecular weight is 463 g/mol. The van der Waals surface area contributed by atoms with Crippen molar-refractivity contribution in [3.63, 3.8) is 0 Å². The van der Waals surface area contributed by atoms with E-state index >= 15 is 0 Å². The third-order valence-electron chi connectivity index (χ3n) is 6.16. The van der Waals surface area contributed by atoms with E-state index in [-0.39, 0.29) is 5.91 Å². The Morgan fingerprint density at radius 3 is 2.58 bits per heavy atom. The number of aryl methyl sites for hydroxylation is 1. The molecule has 0 unspecified atom stereocenters. The lowest BCUT2D eigenvalue weighted by molar-refractivity contribution is -0.121. The van der Waals surface area contributed by atoms with Crippen molar-refractivity contribution in [1.82, 2.24) is 24.9 Å². The third-order valence-corrected chi connectivity index (χ3v) is 6.41. The van der Waals surface area contributed by atoms with Gasteiger partial charge in [-0.05, 0) is 55.5 Å². The molecule has 1 fully saturated rings. The maximum absolute atomic E-state index is 12.5. The van der Waals surface area contributed by atoms with E-state index in [9.17, 15) is 4.79 Å². The zero-order valence-corrected chi connectivity index (χ0v) is 19.3. The molecule has 0 spiro atoms. The van der Waals surface area contributed by atoms with Gasteiger partial charge in [-0.2, -0.15) is 0 Å². The van der Waals surface area contributed by atoms with Crippen molar-refractivity contribution in [3.05, 3.63) is 64.9 Å². The van der Waals surface area contributed by atoms with Gasteiger partial charge in [-0.3, -0.25) is 9.20 Å². The van der Waals surface area contributed by atoms with Crippen LogP contribution in [0.1, 0.15) is 37.1 Å². The first-order valence-corrected chi connectivity index (χ1v) is 12.0. The number of hydrogen-bond acceptors (Lipinski definition) is 5. The lowest BCUT2D eigenvalue weighted by Gasteiger charge is -2.28. The normalized spacial score (nSPS) is 14.2. The minimum atomic E-state index is 0.00956. The molecule has 8 heteroatoms. The number of amides is 1. The van der Waals surface area contributed by atoms with Crippen LogP contribution >= 0.6 is 11.6 Å². The maximum atomic E-state index is 12.5. The number of nitrogens with zero attached hydrogens (tertiary/aromatic N) is 5. The number of carbonyl (C=O) groups is 1. The number of anilines is 1. The second-order valence-corrected chi connectivity index (χ2v) is 8.91. The molecule has 170 valence electrons. The number of fused-ring (bicyclic) bond motifs is 3. The molecule has 0 radical (unpaired) electrons. The summed E-state index contributed by atoms with van der Waals surface area (Å²) in [6.07, 6.45) is 5.23. The summed E-state index contributed by atoms with van der Waals surface area (Å²) in [5.41, 5.74) is 3.80. The summed E-state index contributed by atoms with van der Waals surface area (Å²) >= 11 is 5.93. The van der Waals surface area contributed by atoms with Crippen LogP contribution in [-0.4, -0.2) is 45.1 Å². The van der Waals surface area contributed by atoms with Crippen LogP contribution in [0.25, 0.3) is 16.7 Å². The molecule has 2 aromatic heterocycles. The fraction of sp³-hybridized carbons (Fsp3) is 0.360. The Morgan fingerprint density at radius 2 is 1.76 bits per heavy atom. The summed E-state index contributed by atoms with van der Waals surface area (Å²) in [4.78, 5) is 19.7. The third kappa shape index (κ3) is 4.78. The largest absolute Gasteiger partial charge is 0.356 e. The van der Waals surface area contributed by atoms with E-state index in [0.29, 0.717) is 19.4 Å². The topological polar surface area (TPSA) is 75.4 Å². The van der Waals surface area contributed by atoms with Gasteiger partial charge in [0.05, 0.1) is 11.0 Å². The van der Waals surface area contributed by atoms with Gasteiger partial charge in [0.2, 0.25) is 11.6 Å². The minimum absolute atomic E-state index is 0.00956. The lowest BCUT2D eigenvalue weighted by Crippen LogP contribution is -2.30. The summed E-state index contributed by atoms with van der Waals surface area (Å²) in [5.74, 6) is 1.68. The van der Waals surface area contributed by atoms with Crippen LogP contribution < -0.4 is 10.2 Å². The van der Waals surface area contributed by atoms with Gasteiger partial charge in [0, 0.05) is 37.5 Å². The molecule has 5 rings (SSSR count). The summed E-state index contributed by atoms with van der Waals surface area (Å²) in [7, 11) is 0. The predicted octanol–water partition coefficient (Wildman–Crippen LogP) is 4.21. The van der Waals surface area contributed by atoms with Crippen molar-refractivity contribution < 1.29 is 4.79 Å². The Hall–Kier alpha value is -3.19. The van der Waals surface area contributed by atoms with Gasteiger partial charge < -0.3 is 10.2 Å². The van der Waals surface area contributed by atoms with Crippen LogP contribution in [0.4, 0.5) is 5.82 Å². The second-order valence-electron chi connectivity index (χ2n) is 8.47. The number of carbonyl (C=O) groups excluding carboxylic acids is 1. The van der Waals surface area contributed by atoms with Crippen LogP contribution in [0.3, 0.4) is 0 Å². The number of hydrogen-bond donors (Lipinski definition) is 1. The van der Waals surface area contributed by atoms with E-state index < -0.39 is 0 Å². The number of nitrogens with one attached hydrogen (secondary N) is 1. The van der Waals surface area contributed by atoms with Crippen LogP contribution in [0.15, 0.2) is 48.5 Å². The fourth-order valence-electron chi connectivity index (χ4n) is 4.42. The smallest absolute Gasteiger partial charge is 0.220 e. The Bertz CT molecular complexity index is 1260. The van der Waals surface area contributed by atoms with Gasteiger partial charge in [-0.15, -0.1) is 10.2 Å². The molecule has 1 saturated heterocycles. The van der Waals surface area contributed by atoms with Crippen molar-refractivity contribution in [2.75, 3.05) is 24.5 Å². The highest BCUT2D eigenvalue weighted by Crippen LogP contribution is 2.27. The second kappa shape index (κ2) is 9.75. The number of piperidine rings is 1. The van der Waals surface area contributed by atoms with Crippen LogP contribution in [0.2, 0.25) is 5.02 Å². The highest BCUT2D eigenvalue weighted by Gasteiger charge is 2.21. The Kier molecular flexibility index (Phi) is 6.39. The Morgan fingerprint density at radius 1 is 0.970 bits per heavy atom. The van der Waals surface area contributed by atoms with E-state index in [4.69, 9.17) is 16.6 Å². The number of benzene rings is 2. The van der Waals surface area contributed by atoms with Crippen molar-refractivity contribution in [2.45, 2.75) is 38.5 Å². The Labute approximate surface area is 197 Å². The zero-order chi connectivity index (χ0) is 22.6. The molecular weight excluding hydrogens is 436 g/mol. The average Bonchev–Trinajstić information content (AvgIpc) is 3.28. The predicted molar refractivity (Wildman–Crippen MR) is 131 cm³/mol. The summed E-state index contributed by atoms with van der Waals surface area (Å²) in [5, 5.41) is 12.7. The number of halogens is 1. The molecule has 0 saturated carbocycles.